The fraction of sp³-hybridized carbons (Fsp3) is 0.400. The van der Waals surface area contributed by atoms with Gasteiger partial charge < -0.3 is 9.64 Å². The summed E-state index contributed by atoms with van der Waals surface area (Å²) in [5, 5.41) is 0. The van der Waals surface area contributed by atoms with Crippen molar-refractivity contribution in [1.82, 2.24) is 4.90 Å². The van der Waals surface area contributed by atoms with Crippen LogP contribution < -0.4 is 0 Å². The lowest BCUT2D eigenvalue weighted by Gasteiger charge is -2.24. The van der Waals surface area contributed by atoms with E-state index in [1.165, 1.54) is 12.1 Å². The second-order valence-electron chi connectivity index (χ2n) is 4.69. The van der Waals surface area contributed by atoms with Gasteiger partial charge in [-0.15, -0.1) is 0 Å². The summed E-state index contributed by atoms with van der Waals surface area (Å²) in [6, 6.07) is 4.60. The Labute approximate surface area is 112 Å². The zero-order chi connectivity index (χ0) is 13.8. The molecule has 0 aliphatic carbocycles. The summed E-state index contributed by atoms with van der Waals surface area (Å²) >= 11 is 0. The summed E-state index contributed by atoms with van der Waals surface area (Å²) in [5.41, 5.74) is 0.789. The van der Waals surface area contributed by atoms with Crippen LogP contribution in [0.15, 0.2) is 24.8 Å². The van der Waals surface area contributed by atoms with Crippen LogP contribution in [0.3, 0.4) is 0 Å². The summed E-state index contributed by atoms with van der Waals surface area (Å²) in [5.74, 6) is -0.544. The van der Waals surface area contributed by atoms with Crippen molar-refractivity contribution in [3.63, 3.8) is 0 Å². The first-order valence-electron chi connectivity index (χ1n) is 6.39. The Kier molecular flexibility index (Phi) is 4.32. The molecule has 1 aromatic carbocycles. The van der Waals surface area contributed by atoms with E-state index in [9.17, 15) is 9.18 Å². The molecule has 1 heterocycles. The minimum absolute atomic E-state index is 0.0969. The quantitative estimate of drug-likeness (QED) is 0.836. The molecule has 0 spiro atoms. The summed E-state index contributed by atoms with van der Waals surface area (Å²) in [6.45, 7) is 4.76. The molecule has 1 aliphatic heterocycles. The first kappa shape index (κ1) is 13.7. The molecule has 1 aliphatic rings. The van der Waals surface area contributed by atoms with Crippen molar-refractivity contribution < 1.29 is 13.9 Å². The smallest absolute Gasteiger partial charge is 0.254 e. The van der Waals surface area contributed by atoms with Gasteiger partial charge in [-0.05, 0) is 25.0 Å². The van der Waals surface area contributed by atoms with E-state index in [4.69, 9.17) is 4.74 Å². The molecule has 2 rings (SSSR count). The van der Waals surface area contributed by atoms with Gasteiger partial charge in [-0.2, -0.15) is 0 Å². The van der Waals surface area contributed by atoms with Crippen molar-refractivity contribution in [2.24, 2.45) is 0 Å². The minimum Gasteiger partial charge on any atom is -0.383 e. The summed E-state index contributed by atoms with van der Waals surface area (Å²) in [4.78, 5) is 14.1. The monoisotopic (exact) mass is 263 g/mol. The van der Waals surface area contributed by atoms with Crippen LogP contribution in [0.2, 0.25) is 0 Å². The maximum absolute atomic E-state index is 13.7. The number of halogens is 1. The molecule has 4 heteroatoms. The van der Waals surface area contributed by atoms with E-state index in [2.05, 4.69) is 6.58 Å². The maximum Gasteiger partial charge on any atom is 0.254 e. The molecular formula is C15H18FNO2. The van der Waals surface area contributed by atoms with Gasteiger partial charge in [0.05, 0.1) is 12.6 Å². The lowest BCUT2D eigenvalue weighted by Crippen LogP contribution is -2.38. The molecule has 0 saturated carbocycles. The molecule has 1 saturated heterocycles. The Morgan fingerprint density at radius 2 is 2.42 bits per heavy atom. The van der Waals surface area contributed by atoms with Gasteiger partial charge in [-0.3, -0.25) is 4.79 Å². The van der Waals surface area contributed by atoms with E-state index in [1.54, 1.807) is 24.1 Å². The van der Waals surface area contributed by atoms with Crippen molar-refractivity contribution in [2.45, 2.75) is 18.9 Å². The Bertz CT molecular complexity index is 487. The largest absolute Gasteiger partial charge is 0.383 e. The first-order chi connectivity index (χ1) is 9.17. The van der Waals surface area contributed by atoms with Gasteiger partial charge in [-0.1, -0.05) is 18.7 Å². The van der Waals surface area contributed by atoms with Crippen LogP contribution in [0.25, 0.3) is 6.08 Å². The van der Waals surface area contributed by atoms with E-state index in [0.29, 0.717) is 24.3 Å². The van der Waals surface area contributed by atoms with Gasteiger partial charge in [0.15, 0.2) is 0 Å². The Balaban J connectivity index is 2.19. The molecule has 19 heavy (non-hydrogen) atoms. The number of ether oxygens (including phenoxy) is 1. The summed E-state index contributed by atoms with van der Waals surface area (Å²) < 4.78 is 18.8. The average Bonchev–Trinajstić information content (AvgIpc) is 2.86. The molecule has 0 unspecified atom stereocenters. The fourth-order valence-corrected chi connectivity index (χ4v) is 2.46. The molecule has 0 radical (unpaired) electrons. The molecule has 1 fully saturated rings. The van der Waals surface area contributed by atoms with Crippen molar-refractivity contribution in [3.05, 3.63) is 41.7 Å². The molecule has 1 amide bonds. The highest BCUT2D eigenvalue weighted by atomic mass is 19.1. The van der Waals surface area contributed by atoms with Crippen LogP contribution >= 0.6 is 0 Å². The molecule has 1 aromatic rings. The van der Waals surface area contributed by atoms with E-state index < -0.39 is 5.82 Å². The number of rotatable bonds is 4. The van der Waals surface area contributed by atoms with Gasteiger partial charge in [0.2, 0.25) is 0 Å². The lowest BCUT2D eigenvalue weighted by atomic mass is 10.1. The van der Waals surface area contributed by atoms with Crippen molar-refractivity contribution in [1.29, 1.82) is 0 Å². The zero-order valence-corrected chi connectivity index (χ0v) is 11.1. The van der Waals surface area contributed by atoms with E-state index in [0.717, 1.165) is 12.8 Å². The number of benzene rings is 1. The van der Waals surface area contributed by atoms with E-state index in [-0.39, 0.29) is 11.9 Å². The summed E-state index contributed by atoms with van der Waals surface area (Å²) in [7, 11) is 1.62. The normalized spacial score (nSPS) is 18.6. The average molecular weight is 263 g/mol. The van der Waals surface area contributed by atoms with E-state index >= 15 is 0 Å². The SMILES string of the molecule is C=Cc1ccc(C(=O)N2CCC[C@@H]2COC)cc1F. The minimum atomic E-state index is -0.414. The second kappa shape index (κ2) is 5.97. The predicted molar refractivity (Wildman–Crippen MR) is 72.4 cm³/mol. The number of carbonyl (C=O) groups excluding carboxylic acids is 1. The standard InChI is InChI=1S/C15H18FNO2/c1-3-11-6-7-12(9-14(11)16)15(18)17-8-4-5-13(17)10-19-2/h3,6-7,9,13H,1,4-5,8,10H2,2H3/t13-/m1/s1. The zero-order valence-electron chi connectivity index (χ0n) is 11.1. The molecule has 102 valence electrons. The predicted octanol–water partition coefficient (Wildman–Crippen LogP) is 2.72. The molecule has 0 aromatic heterocycles. The third-order valence-electron chi connectivity index (χ3n) is 3.46. The molecule has 3 nitrogen and oxygen atoms in total. The number of likely N-dealkylation sites (tertiary alicyclic amines) is 1. The van der Waals surface area contributed by atoms with Crippen LogP contribution in [-0.2, 0) is 4.74 Å². The van der Waals surface area contributed by atoms with E-state index in [1.807, 2.05) is 0 Å². The molecular weight excluding hydrogens is 245 g/mol. The fourth-order valence-electron chi connectivity index (χ4n) is 2.46. The van der Waals surface area contributed by atoms with Crippen molar-refractivity contribution >= 4 is 12.0 Å². The van der Waals surface area contributed by atoms with Crippen molar-refractivity contribution in [2.75, 3.05) is 20.3 Å². The number of hydrogen-bond donors (Lipinski definition) is 0. The Hall–Kier alpha value is -1.68. The third kappa shape index (κ3) is 2.84. The Morgan fingerprint density at radius 1 is 1.63 bits per heavy atom. The third-order valence-corrected chi connectivity index (χ3v) is 3.46. The van der Waals surface area contributed by atoms with Crippen LogP contribution in [-0.4, -0.2) is 37.1 Å². The second-order valence-corrected chi connectivity index (χ2v) is 4.69. The first-order valence-corrected chi connectivity index (χ1v) is 6.39. The van der Waals surface area contributed by atoms with Crippen LogP contribution in [0.1, 0.15) is 28.8 Å². The number of hydrogen-bond acceptors (Lipinski definition) is 2. The van der Waals surface area contributed by atoms with Gasteiger partial charge in [0, 0.05) is 24.8 Å². The van der Waals surface area contributed by atoms with Crippen molar-refractivity contribution in [3.8, 4) is 0 Å². The molecule has 0 bridgehead atoms. The van der Waals surface area contributed by atoms with Gasteiger partial charge in [-0.25, -0.2) is 4.39 Å². The van der Waals surface area contributed by atoms with Gasteiger partial charge >= 0.3 is 0 Å². The highest BCUT2D eigenvalue weighted by molar-refractivity contribution is 5.94. The lowest BCUT2D eigenvalue weighted by molar-refractivity contribution is 0.0630. The topological polar surface area (TPSA) is 29.5 Å². The highest BCUT2D eigenvalue weighted by Gasteiger charge is 2.29. The number of methoxy groups -OCH3 is 1. The Morgan fingerprint density at radius 3 is 3.05 bits per heavy atom. The van der Waals surface area contributed by atoms with Crippen LogP contribution in [0, 0.1) is 5.82 Å². The number of amides is 1. The highest BCUT2D eigenvalue weighted by Crippen LogP contribution is 2.21. The summed E-state index contributed by atoms with van der Waals surface area (Å²) in [6.07, 6.45) is 3.34. The molecule has 0 N–H and O–H groups in total. The number of nitrogens with zero attached hydrogens (tertiary/aromatic N) is 1. The van der Waals surface area contributed by atoms with Gasteiger partial charge in [0.1, 0.15) is 5.82 Å². The van der Waals surface area contributed by atoms with Crippen LogP contribution in [0.5, 0.6) is 0 Å². The maximum atomic E-state index is 13.7. The number of carbonyl (C=O) groups is 1. The van der Waals surface area contributed by atoms with Crippen LogP contribution in [0.4, 0.5) is 4.39 Å². The van der Waals surface area contributed by atoms with Gasteiger partial charge in [0.25, 0.3) is 5.91 Å². The molecule has 1 atom stereocenters.